The van der Waals surface area contributed by atoms with Crippen LogP contribution in [0.2, 0.25) is 0 Å². The number of pyridine rings is 1. The quantitative estimate of drug-likeness (QED) is 0.526. The summed E-state index contributed by atoms with van der Waals surface area (Å²) < 4.78 is 0. The van der Waals surface area contributed by atoms with Crippen molar-refractivity contribution < 1.29 is 0 Å². The number of aromatic nitrogens is 1. The van der Waals surface area contributed by atoms with Crippen LogP contribution in [0.5, 0.6) is 0 Å². The molecule has 82 valence electrons. The first-order valence-electron chi connectivity index (χ1n) is 4.22. The Labute approximate surface area is 104 Å². The van der Waals surface area contributed by atoms with Crippen LogP contribution in [0.1, 0.15) is 12.5 Å². The van der Waals surface area contributed by atoms with Crippen LogP contribution in [0.3, 0.4) is 0 Å². The molecule has 0 aromatic carbocycles. The van der Waals surface area contributed by atoms with E-state index in [4.69, 9.17) is 5.73 Å². The Kier molecular flexibility index (Phi) is 7.94. The molecule has 15 heavy (non-hydrogen) atoms. The molecular formula is C9H13BrN4S. The number of thioether (sulfide) groups is 1. The van der Waals surface area contributed by atoms with Gasteiger partial charge in [0.15, 0.2) is 5.17 Å². The first-order valence-corrected chi connectivity index (χ1v) is 5.21. The maximum Gasteiger partial charge on any atom is 0.180 e. The fraction of sp³-hybridized carbons (Fsp3) is 0.222. The van der Waals surface area contributed by atoms with Crippen molar-refractivity contribution in [2.24, 2.45) is 15.9 Å². The van der Waals surface area contributed by atoms with Gasteiger partial charge in [-0.3, -0.25) is 4.98 Å². The number of nitrogens with zero attached hydrogens (tertiary/aromatic N) is 3. The molecule has 0 fully saturated rings. The highest BCUT2D eigenvalue weighted by Crippen LogP contribution is 1.98. The van der Waals surface area contributed by atoms with Crippen molar-refractivity contribution in [3.63, 3.8) is 0 Å². The van der Waals surface area contributed by atoms with Crippen molar-refractivity contribution >= 4 is 40.1 Å². The van der Waals surface area contributed by atoms with Gasteiger partial charge in [0.25, 0.3) is 0 Å². The summed E-state index contributed by atoms with van der Waals surface area (Å²) in [6, 6.07) is 3.74. The van der Waals surface area contributed by atoms with Crippen LogP contribution < -0.4 is 5.73 Å². The lowest BCUT2D eigenvalue weighted by Crippen LogP contribution is -2.05. The molecule has 6 heteroatoms. The average Bonchev–Trinajstić information content (AvgIpc) is 2.20. The second-order valence-electron chi connectivity index (χ2n) is 2.40. The normalized spacial score (nSPS) is 11.4. The predicted molar refractivity (Wildman–Crippen MR) is 71.9 cm³/mol. The Morgan fingerprint density at radius 2 is 2.47 bits per heavy atom. The number of amidine groups is 1. The third-order valence-corrected chi connectivity index (χ3v) is 2.01. The molecule has 0 aliphatic heterocycles. The lowest BCUT2D eigenvalue weighted by Gasteiger charge is -1.91. The summed E-state index contributed by atoms with van der Waals surface area (Å²) >= 11 is 1.46. The molecule has 1 aromatic heterocycles. The summed E-state index contributed by atoms with van der Waals surface area (Å²) in [7, 11) is 0. The molecule has 0 amide bonds. The highest BCUT2D eigenvalue weighted by Gasteiger charge is 1.88. The number of hydrogen-bond donors (Lipinski definition) is 1. The number of rotatable bonds is 3. The maximum atomic E-state index is 5.53. The summed E-state index contributed by atoms with van der Waals surface area (Å²) in [6.45, 7) is 2.01. The van der Waals surface area contributed by atoms with Gasteiger partial charge in [-0.2, -0.15) is 5.10 Å². The molecule has 1 heterocycles. The van der Waals surface area contributed by atoms with Crippen molar-refractivity contribution in [1.29, 1.82) is 0 Å². The molecule has 0 aliphatic carbocycles. The highest BCUT2D eigenvalue weighted by molar-refractivity contribution is 8.93. The standard InChI is InChI=1S/C9H12N4S.BrH/c1-2-14-9(10)13-12-7-8-4-3-5-11-6-8;/h3-7H,2H2,1H3,(H2,10,13);1H/b12-7+;. The van der Waals surface area contributed by atoms with E-state index in [1.807, 2.05) is 19.1 Å². The Hall–Kier alpha value is -0.880. The smallest absolute Gasteiger partial charge is 0.180 e. The monoisotopic (exact) mass is 288 g/mol. The van der Waals surface area contributed by atoms with Gasteiger partial charge in [0, 0.05) is 18.0 Å². The topological polar surface area (TPSA) is 63.6 Å². The first kappa shape index (κ1) is 14.1. The summed E-state index contributed by atoms with van der Waals surface area (Å²) in [6.07, 6.45) is 5.04. The summed E-state index contributed by atoms with van der Waals surface area (Å²) in [5.41, 5.74) is 6.44. The number of nitrogens with two attached hydrogens (primary N) is 1. The number of hydrogen-bond acceptors (Lipinski definition) is 4. The first-order chi connectivity index (χ1) is 6.83. The summed E-state index contributed by atoms with van der Waals surface area (Å²) in [5.74, 6) is 0.901. The average molecular weight is 289 g/mol. The van der Waals surface area contributed by atoms with Crippen LogP contribution in [0.25, 0.3) is 0 Å². The minimum atomic E-state index is 0. The zero-order valence-electron chi connectivity index (χ0n) is 8.33. The zero-order valence-corrected chi connectivity index (χ0v) is 10.9. The van der Waals surface area contributed by atoms with Crippen LogP contribution in [0.15, 0.2) is 34.7 Å². The Bertz CT molecular complexity index is 326. The Morgan fingerprint density at radius 1 is 1.67 bits per heavy atom. The fourth-order valence-corrected chi connectivity index (χ4v) is 1.18. The minimum absolute atomic E-state index is 0. The summed E-state index contributed by atoms with van der Waals surface area (Å²) in [4.78, 5) is 3.94. The van der Waals surface area contributed by atoms with Crippen molar-refractivity contribution in [3.8, 4) is 0 Å². The van der Waals surface area contributed by atoms with Crippen LogP contribution >= 0.6 is 28.7 Å². The van der Waals surface area contributed by atoms with Gasteiger partial charge in [0.05, 0.1) is 6.21 Å². The van der Waals surface area contributed by atoms with Crippen LogP contribution in [-0.4, -0.2) is 22.1 Å². The van der Waals surface area contributed by atoms with E-state index in [0.29, 0.717) is 5.17 Å². The van der Waals surface area contributed by atoms with Crippen LogP contribution in [0.4, 0.5) is 0 Å². The predicted octanol–water partition coefficient (Wildman–Crippen LogP) is 2.06. The van der Waals surface area contributed by atoms with E-state index in [9.17, 15) is 0 Å². The lowest BCUT2D eigenvalue weighted by atomic mass is 10.3. The van der Waals surface area contributed by atoms with Gasteiger partial charge >= 0.3 is 0 Å². The van der Waals surface area contributed by atoms with E-state index in [2.05, 4.69) is 15.2 Å². The van der Waals surface area contributed by atoms with E-state index in [1.54, 1.807) is 18.6 Å². The molecule has 0 bridgehead atoms. The van der Waals surface area contributed by atoms with Gasteiger partial charge in [-0.1, -0.05) is 24.8 Å². The minimum Gasteiger partial charge on any atom is -0.377 e. The van der Waals surface area contributed by atoms with Crippen molar-refractivity contribution in [1.82, 2.24) is 4.98 Å². The molecule has 0 radical (unpaired) electrons. The van der Waals surface area contributed by atoms with Gasteiger partial charge in [-0.05, 0) is 11.8 Å². The zero-order chi connectivity index (χ0) is 10.2. The Morgan fingerprint density at radius 3 is 3.07 bits per heavy atom. The second-order valence-corrected chi connectivity index (χ2v) is 3.69. The molecule has 2 N–H and O–H groups in total. The summed E-state index contributed by atoms with van der Waals surface area (Å²) in [5, 5.41) is 8.12. The highest BCUT2D eigenvalue weighted by atomic mass is 79.9. The van der Waals surface area contributed by atoms with Crippen molar-refractivity contribution in [2.75, 3.05) is 5.75 Å². The fourth-order valence-electron chi connectivity index (χ4n) is 0.782. The SMILES string of the molecule is Br.CCS/C(N)=N\N=C\c1cccnc1. The lowest BCUT2D eigenvalue weighted by molar-refractivity contribution is 1.24. The van der Waals surface area contributed by atoms with Gasteiger partial charge < -0.3 is 5.73 Å². The molecule has 1 rings (SSSR count). The van der Waals surface area contributed by atoms with Crippen molar-refractivity contribution in [2.45, 2.75) is 6.92 Å². The van der Waals surface area contributed by atoms with E-state index < -0.39 is 0 Å². The largest absolute Gasteiger partial charge is 0.377 e. The molecule has 0 saturated carbocycles. The van der Waals surface area contributed by atoms with E-state index in [0.717, 1.165) is 11.3 Å². The maximum absolute atomic E-state index is 5.53. The van der Waals surface area contributed by atoms with Gasteiger partial charge in [0.1, 0.15) is 0 Å². The number of halogens is 1. The second kappa shape index (κ2) is 8.43. The van der Waals surface area contributed by atoms with Crippen LogP contribution in [-0.2, 0) is 0 Å². The van der Waals surface area contributed by atoms with E-state index in [1.165, 1.54) is 11.8 Å². The molecule has 0 unspecified atom stereocenters. The Balaban J connectivity index is 0.00000196. The molecule has 0 atom stereocenters. The molecule has 4 nitrogen and oxygen atoms in total. The van der Waals surface area contributed by atoms with Gasteiger partial charge in [0.2, 0.25) is 0 Å². The van der Waals surface area contributed by atoms with E-state index in [-0.39, 0.29) is 17.0 Å². The molecule has 0 aliphatic rings. The van der Waals surface area contributed by atoms with E-state index >= 15 is 0 Å². The molecule has 0 saturated heterocycles. The van der Waals surface area contributed by atoms with Crippen LogP contribution in [0, 0.1) is 0 Å². The van der Waals surface area contributed by atoms with Gasteiger partial charge in [-0.15, -0.1) is 22.1 Å². The van der Waals surface area contributed by atoms with Crippen molar-refractivity contribution in [3.05, 3.63) is 30.1 Å². The van der Waals surface area contributed by atoms with Gasteiger partial charge in [-0.25, -0.2) is 0 Å². The third kappa shape index (κ3) is 6.24. The molecule has 0 spiro atoms. The third-order valence-electron chi connectivity index (χ3n) is 1.34. The molecule has 1 aromatic rings. The molecular weight excluding hydrogens is 276 g/mol.